The van der Waals surface area contributed by atoms with E-state index in [0.717, 1.165) is 12.8 Å². The molecule has 1 unspecified atom stereocenters. The molecule has 3 aromatic rings. The first-order valence-corrected chi connectivity index (χ1v) is 13.8. The summed E-state index contributed by atoms with van der Waals surface area (Å²) >= 11 is 0. The third kappa shape index (κ3) is 4.53. The number of pyridine rings is 1. The van der Waals surface area contributed by atoms with Crippen molar-refractivity contribution in [1.82, 2.24) is 13.9 Å². The number of aromatic nitrogens is 2. The van der Waals surface area contributed by atoms with E-state index in [1.807, 2.05) is 27.8 Å². The van der Waals surface area contributed by atoms with Gasteiger partial charge in [0, 0.05) is 44.0 Å². The molecule has 3 atom stereocenters. The number of likely N-dealkylation sites (tertiary alicyclic amines) is 1. The Kier molecular flexibility index (Phi) is 6.15. The van der Waals surface area contributed by atoms with Crippen LogP contribution in [0.5, 0.6) is 0 Å². The Labute approximate surface area is 217 Å². The lowest BCUT2D eigenvalue weighted by Crippen LogP contribution is -2.37. The maximum atomic E-state index is 13.3. The summed E-state index contributed by atoms with van der Waals surface area (Å²) < 4.78 is 33.3. The molecule has 194 valence electrons. The van der Waals surface area contributed by atoms with Gasteiger partial charge in [-0.15, -0.1) is 0 Å². The first-order chi connectivity index (χ1) is 17.5. The molecule has 0 bridgehead atoms. The van der Waals surface area contributed by atoms with E-state index in [0.29, 0.717) is 47.2 Å². The van der Waals surface area contributed by atoms with E-state index in [-0.39, 0.29) is 17.0 Å². The SMILES string of the molecule is CN(c1c(C#N)cnc2c1ccn2S(=O)(=O)c1ccccc1)C1C[C@@H]2CN(C(=O)OC(C)(C)C)C[C@@H]2C1. The fraction of sp³-hybridized carbons (Fsp3) is 0.444. The Bertz CT molecular complexity index is 1470. The summed E-state index contributed by atoms with van der Waals surface area (Å²) in [6.45, 7) is 6.92. The number of nitrogens with zero attached hydrogens (tertiary/aromatic N) is 5. The number of amides is 1. The number of hydrogen-bond donors (Lipinski definition) is 0. The number of carbonyl (C=O) groups is 1. The van der Waals surface area contributed by atoms with Crippen molar-refractivity contribution in [2.75, 3.05) is 25.0 Å². The number of carbonyl (C=O) groups excluding carboxylic acids is 1. The molecule has 5 rings (SSSR count). The lowest BCUT2D eigenvalue weighted by molar-refractivity contribution is 0.0279. The lowest BCUT2D eigenvalue weighted by Gasteiger charge is -2.30. The molecular weight excluding hydrogens is 490 g/mol. The smallest absolute Gasteiger partial charge is 0.410 e. The molecule has 2 aromatic heterocycles. The molecule has 1 aromatic carbocycles. The maximum absolute atomic E-state index is 13.3. The minimum Gasteiger partial charge on any atom is -0.444 e. The van der Waals surface area contributed by atoms with Crippen molar-refractivity contribution in [1.29, 1.82) is 5.26 Å². The summed E-state index contributed by atoms with van der Waals surface area (Å²) in [5.41, 5.74) is 0.849. The molecule has 9 nitrogen and oxygen atoms in total. The molecule has 2 fully saturated rings. The van der Waals surface area contributed by atoms with Crippen LogP contribution in [-0.2, 0) is 14.8 Å². The fourth-order valence-electron chi connectivity index (χ4n) is 5.65. The van der Waals surface area contributed by atoms with E-state index < -0.39 is 15.6 Å². The molecule has 2 aliphatic rings. The monoisotopic (exact) mass is 521 g/mol. The van der Waals surface area contributed by atoms with E-state index >= 15 is 0 Å². The van der Waals surface area contributed by atoms with Crippen LogP contribution in [0.1, 0.15) is 39.2 Å². The second-order valence-corrected chi connectivity index (χ2v) is 12.8. The van der Waals surface area contributed by atoms with Gasteiger partial charge in [-0.1, -0.05) is 18.2 Å². The highest BCUT2D eigenvalue weighted by Crippen LogP contribution is 2.43. The Hall–Kier alpha value is -3.58. The fourth-order valence-corrected chi connectivity index (χ4v) is 6.98. The highest BCUT2D eigenvalue weighted by Gasteiger charge is 2.45. The molecule has 0 spiro atoms. The van der Waals surface area contributed by atoms with Gasteiger partial charge in [0.25, 0.3) is 10.0 Å². The zero-order chi connectivity index (χ0) is 26.5. The molecule has 10 heteroatoms. The van der Waals surface area contributed by atoms with Gasteiger partial charge in [0.05, 0.1) is 16.1 Å². The predicted octanol–water partition coefficient (Wildman–Crippen LogP) is 4.23. The summed E-state index contributed by atoms with van der Waals surface area (Å²) in [5.74, 6) is 0.705. The number of benzene rings is 1. The molecule has 1 saturated carbocycles. The minimum atomic E-state index is -3.84. The topological polar surface area (TPSA) is 109 Å². The van der Waals surface area contributed by atoms with Gasteiger partial charge in [0.1, 0.15) is 11.7 Å². The summed E-state index contributed by atoms with van der Waals surface area (Å²) in [6.07, 6.45) is 4.43. The first kappa shape index (κ1) is 25.1. The van der Waals surface area contributed by atoms with Gasteiger partial charge in [-0.05, 0) is 63.6 Å². The molecule has 1 aliphatic heterocycles. The molecule has 0 N–H and O–H groups in total. The molecule has 1 amide bonds. The van der Waals surface area contributed by atoms with E-state index in [4.69, 9.17) is 4.74 Å². The summed E-state index contributed by atoms with van der Waals surface area (Å²) in [5, 5.41) is 10.5. The van der Waals surface area contributed by atoms with Crippen molar-refractivity contribution in [3.63, 3.8) is 0 Å². The number of rotatable bonds is 4. The van der Waals surface area contributed by atoms with Crippen LogP contribution in [0.3, 0.4) is 0 Å². The van der Waals surface area contributed by atoms with Gasteiger partial charge in [-0.3, -0.25) is 0 Å². The van der Waals surface area contributed by atoms with Gasteiger partial charge in [0.15, 0.2) is 5.65 Å². The Balaban J connectivity index is 1.41. The number of nitriles is 1. The number of ether oxygens (including phenoxy) is 1. The van der Waals surface area contributed by atoms with Crippen molar-refractivity contribution in [3.8, 4) is 6.07 Å². The van der Waals surface area contributed by atoms with E-state index in [2.05, 4.69) is 16.0 Å². The minimum absolute atomic E-state index is 0.155. The van der Waals surface area contributed by atoms with Crippen molar-refractivity contribution < 1.29 is 17.9 Å². The first-order valence-electron chi connectivity index (χ1n) is 12.4. The average molecular weight is 522 g/mol. The van der Waals surface area contributed by atoms with Crippen LogP contribution in [0.2, 0.25) is 0 Å². The van der Waals surface area contributed by atoms with Crippen LogP contribution in [0, 0.1) is 23.2 Å². The van der Waals surface area contributed by atoms with Crippen LogP contribution in [-0.4, -0.2) is 60.1 Å². The normalized spacial score (nSPS) is 21.6. The molecule has 1 aliphatic carbocycles. The third-order valence-corrected chi connectivity index (χ3v) is 9.03. The molecule has 37 heavy (non-hydrogen) atoms. The van der Waals surface area contributed by atoms with E-state index in [1.165, 1.54) is 16.4 Å². The van der Waals surface area contributed by atoms with Gasteiger partial charge in [-0.2, -0.15) is 5.26 Å². The van der Waals surface area contributed by atoms with Crippen molar-refractivity contribution in [2.45, 2.75) is 50.2 Å². The van der Waals surface area contributed by atoms with Crippen LogP contribution >= 0.6 is 0 Å². The van der Waals surface area contributed by atoms with E-state index in [1.54, 1.807) is 41.3 Å². The van der Waals surface area contributed by atoms with Gasteiger partial charge in [-0.25, -0.2) is 22.2 Å². The van der Waals surface area contributed by atoms with Gasteiger partial charge >= 0.3 is 6.09 Å². The Morgan fingerprint density at radius 2 is 1.78 bits per heavy atom. The predicted molar refractivity (Wildman–Crippen MR) is 140 cm³/mol. The number of hydrogen-bond acceptors (Lipinski definition) is 7. The molecular formula is C27H31N5O4S. The Morgan fingerprint density at radius 3 is 2.38 bits per heavy atom. The highest BCUT2D eigenvalue weighted by atomic mass is 32.2. The van der Waals surface area contributed by atoms with Crippen LogP contribution in [0.4, 0.5) is 10.5 Å². The molecule has 0 radical (unpaired) electrons. The van der Waals surface area contributed by atoms with E-state index in [9.17, 15) is 18.5 Å². The van der Waals surface area contributed by atoms with Gasteiger partial charge in [0.2, 0.25) is 0 Å². The van der Waals surface area contributed by atoms with Crippen molar-refractivity contribution in [2.24, 2.45) is 11.8 Å². The zero-order valence-electron chi connectivity index (χ0n) is 21.5. The van der Waals surface area contributed by atoms with Crippen LogP contribution < -0.4 is 4.90 Å². The zero-order valence-corrected chi connectivity index (χ0v) is 22.3. The quantitative estimate of drug-likeness (QED) is 0.506. The second-order valence-electron chi connectivity index (χ2n) is 10.9. The summed E-state index contributed by atoms with van der Waals surface area (Å²) in [6, 6.07) is 12.3. The van der Waals surface area contributed by atoms with Gasteiger partial charge < -0.3 is 14.5 Å². The number of anilines is 1. The van der Waals surface area contributed by atoms with Crippen LogP contribution in [0.15, 0.2) is 53.7 Å². The van der Waals surface area contributed by atoms with Crippen molar-refractivity contribution in [3.05, 3.63) is 54.4 Å². The van der Waals surface area contributed by atoms with Crippen molar-refractivity contribution >= 4 is 32.8 Å². The average Bonchev–Trinajstić information content (AvgIpc) is 3.56. The standard InChI is InChI=1S/C27H31N5O4S/c1-27(2,3)36-26(33)31-16-18-12-21(13-19(18)17-31)30(4)24-20(14-28)15-29-25-23(24)10-11-32(25)37(34,35)22-8-6-5-7-9-22/h5-11,15,18-19,21H,12-13,16-17H2,1-4H3/t18-,19+,21?. The maximum Gasteiger partial charge on any atom is 0.410 e. The highest BCUT2D eigenvalue weighted by molar-refractivity contribution is 7.90. The van der Waals surface area contributed by atoms with Crippen LogP contribution in [0.25, 0.3) is 11.0 Å². The third-order valence-electron chi connectivity index (χ3n) is 7.35. The molecule has 1 saturated heterocycles. The summed E-state index contributed by atoms with van der Waals surface area (Å²) in [4.78, 5) is 21.0. The Morgan fingerprint density at radius 1 is 1.14 bits per heavy atom. The largest absolute Gasteiger partial charge is 0.444 e. The lowest BCUT2D eigenvalue weighted by atomic mass is 10.0. The second kappa shape index (κ2) is 9.06. The summed E-state index contributed by atoms with van der Waals surface area (Å²) in [7, 11) is -1.89. The molecule has 3 heterocycles. The number of fused-ring (bicyclic) bond motifs is 2.